The predicted octanol–water partition coefficient (Wildman–Crippen LogP) is 3.83. The van der Waals surface area contributed by atoms with E-state index in [1.54, 1.807) is 0 Å². The zero-order valence-corrected chi connectivity index (χ0v) is 12.1. The third kappa shape index (κ3) is 2.56. The molecule has 0 bridgehead atoms. The fraction of sp³-hybridized carbons (Fsp3) is 0.333. The zero-order chi connectivity index (χ0) is 14.2. The van der Waals surface area contributed by atoms with Gasteiger partial charge in [0, 0.05) is 5.54 Å². The van der Waals surface area contributed by atoms with Crippen LogP contribution >= 0.6 is 0 Å². The van der Waals surface area contributed by atoms with Gasteiger partial charge in [-0.25, -0.2) is 0 Å². The van der Waals surface area contributed by atoms with E-state index in [0.717, 1.165) is 18.6 Å². The number of ether oxygens (including phenoxy) is 1. The van der Waals surface area contributed by atoms with Gasteiger partial charge in [0.05, 0.1) is 0 Å². The van der Waals surface area contributed by atoms with Gasteiger partial charge in [0.2, 0.25) is 0 Å². The lowest BCUT2D eigenvalue weighted by Gasteiger charge is -2.17. The molecule has 0 unspecified atom stereocenters. The maximum atomic E-state index is 6.28. The molecule has 1 saturated carbocycles. The SMILES string of the molecule is Cc1cc(C2(N)CC2)cc(C)c1OCc1ccccc1. The number of benzene rings is 2. The van der Waals surface area contributed by atoms with Gasteiger partial charge in [-0.1, -0.05) is 42.5 Å². The summed E-state index contributed by atoms with van der Waals surface area (Å²) in [6, 6.07) is 14.6. The van der Waals surface area contributed by atoms with Crippen molar-refractivity contribution in [1.29, 1.82) is 0 Å². The van der Waals surface area contributed by atoms with Crippen molar-refractivity contribution in [2.45, 2.75) is 38.8 Å². The van der Waals surface area contributed by atoms with Crippen molar-refractivity contribution in [1.82, 2.24) is 0 Å². The van der Waals surface area contributed by atoms with Crippen molar-refractivity contribution >= 4 is 0 Å². The summed E-state index contributed by atoms with van der Waals surface area (Å²) >= 11 is 0. The summed E-state index contributed by atoms with van der Waals surface area (Å²) in [5.41, 5.74) is 11.0. The maximum Gasteiger partial charge on any atom is 0.125 e. The molecule has 0 saturated heterocycles. The number of rotatable bonds is 4. The third-order valence-corrected chi connectivity index (χ3v) is 4.05. The van der Waals surface area contributed by atoms with Gasteiger partial charge in [-0.05, 0) is 48.9 Å². The first-order valence-electron chi connectivity index (χ1n) is 7.16. The maximum absolute atomic E-state index is 6.28. The predicted molar refractivity (Wildman–Crippen MR) is 81.8 cm³/mol. The highest BCUT2D eigenvalue weighted by atomic mass is 16.5. The molecule has 1 aliphatic rings. The molecule has 0 amide bonds. The fourth-order valence-electron chi connectivity index (χ4n) is 2.62. The monoisotopic (exact) mass is 267 g/mol. The summed E-state index contributed by atoms with van der Waals surface area (Å²) in [6.07, 6.45) is 2.19. The van der Waals surface area contributed by atoms with Gasteiger partial charge in [0.25, 0.3) is 0 Å². The van der Waals surface area contributed by atoms with Crippen molar-refractivity contribution < 1.29 is 4.74 Å². The molecule has 0 radical (unpaired) electrons. The van der Waals surface area contributed by atoms with Crippen molar-refractivity contribution in [3.8, 4) is 5.75 Å². The number of aryl methyl sites for hydroxylation is 2. The smallest absolute Gasteiger partial charge is 0.125 e. The Bertz CT molecular complexity index is 592. The highest BCUT2D eigenvalue weighted by Crippen LogP contribution is 2.44. The summed E-state index contributed by atoms with van der Waals surface area (Å²) in [4.78, 5) is 0. The van der Waals surface area contributed by atoms with E-state index in [2.05, 4.69) is 38.1 Å². The van der Waals surface area contributed by atoms with Crippen LogP contribution in [0.4, 0.5) is 0 Å². The van der Waals surface area contributed by atoms with E-state index in [0.29, 0.717) is 6.61 Å². The first kappa shape index (κ1) is 13.2. The van der Waals surface area contributed by atoms with Crippen molar-refractivity contribution in [3.63, 3.8) is 0 Å². The third-order valence-electron chi connectivity index (χ3n) is 4.05. The number of hydrogen-bond acceptors (Lipinski definition) is 2. The van der Waals surface area contributed by atoms with Crippen LogP contribution in [0.2, 0.25) is 0 Å². The van der Waals surface area contributed by atoms with Crippen molar-refractivity contribution in [2.75, 3.05) is 0 Å². The van der Waals surface area contributed by atoms with Crippen LogP contribution in [-0.2, 0) is 12.1 Å². The summed E-state index contributed by atoms with van der Waals surface area (Å²) < 4.78 is 6.00. The second-order valence-electron chi connectivity index (χ2n) is 5.87. The van der Waals surface area contributed by atoms with Crippen LogP contribution < -0.4 is 10.5 Å². The van der Waals surface area contributed by atoms with E-state index < -0.39 is 0 Å². The van der Waals surface area contributed by atoms with E-state index in [1.807, 2.05) is 18.2 Å². The molecule has 0 atom stereocenters. The van der Waals surface area contributed by atoms with Crippen LogP contribution in [0.25, 0.3) is 0 Å². The van der Waals surface area contributed by atoms with Gasteiger partial charge in [0.15, 0.2) is 0 Å². The molecule has 3 rings (SSSR count). The van der Waals surface area contributed by atoms with Crippen LogP contribution in [-0.4, -0.2) is 0 Å². The second kappa shape index (κ2) is 4.95. The Balaban J connectivity index is 1.80. The van der Waals surface area contributed by atoms with Crippen molar-refractivity contribution in [2.24, 2.45) is 5.73 Å². The van der Waals surface area contributed by atoms with E-state index in [1.165, 1.54) is 22.3 Å². The Kier molecular flexibility index (Phi) is 3.27. The van der Waals surface area contributed by atoms with Gasteiger partial charge in [-0.15, -0.1) is 0 Å². The fourth-order valence-corrected chi connectivity index (χ4v) is 2.62. The minimum Gasteiger partial charge on any atom is -0.488 e. The zero-order valence-electron chi connectivity index (χ0n) is 12.1. The summed E-state index contributed by atoms with van der Waals surface area (Å²) in [6.45, 7) is 4.81. The molecule has 0 heterocycles. The molecule has 0 spiro atoms. The quantitative estimate of drug-likeness (QED) is 0.913. The summed E-state index contributed by atoms with van der Waals surface area (Å²) in [5, 5.41) is 0. The topological polar surface area (TPSA) is 35.2 Å². The lowest BCUT2D eigenvalue weighted by molar-refractivity contribution is 0.302. The standard InChI is InChI=1S/C18H21NO/c1-13-10-16(18(19)8-9-18)11-14(2)17(13)20-12-15-6-4-3-5-7-15/h3-7,10-11H,8-9,12,19H2,1-2H3. The van der Waals surface area contributed by atoms with Crippen LogP contribution in [0.15, 0.2) is 42.5 Å². The van der Waals surface area contributed by atoms with Crippen LogP contribution in [0.5, 0.6) is 5.75 Å². The number of nitrogens with two attached hydrogens (primary N) is 1. The van der Waals surface area contributed by atoms with Crippen LogP contribution in [0.1, 0.15) is 35.1 Å². The molecular formula is C18H21NO. The Hall–Kier alpha value is -1.80. The number of hydrogen-bond donors (Lipinski definition) is 1. The van der Waals surface area contributed by atoms with Crippen molar-refractivity contribution in [3.05, 3.63) is 64.7 Å². The average molecular weight is 267 g/mol. The van der Waals surface area contributed by atoms with Crippen LogP contribution in [0, 0.1) is 13.8 Å². The van der Waals surface area contributed by atoms with Gasteiger partial charge >= 0.3 is 0 Å². The van der Waals surface area contributed by atoms with Gasteiger partial charge in [-0.3, -0.25) is 0 Å². The molecular weight excluding hydrogens is 246 g/mol. The molecule has 1 fully saturated rings. The minimum absolute atomic E-state index is 0.0759. The Morgan fingerprint density at radius 3 is 2.20 bits per heavy atom. The molecule has 2 heteroatoms. The molecule has 2 aromatic rings. The summed E-state index contributed by atoms with van der Waals surface area (Å²) in [5.74, 6) is 0.988. The highest BCUT2D eigenvalue weighted by molar-refractivity contribution is 5.46. The van der Waals surface area contributed by atoms with Gasteiger partial charge < -0.3 is 10.5 Å². The first-order valence-corrected chi connectivity index (χ1v) is 7.16. The van der Waals surface area contributed by atoms with Gasteiger partial charge in [-0.2, -0.15) is 0 Å². The normalized spacial score (nSPS) is 15.9. The van der Waals surface area contributed by atoms with E-state index in [-0.39, 0.29) is 5.54 Å². The molecule has 2 N–H and O–H groups in total. The molecule has 2 aromatic carbocycles. The summed E-state index contributed by atoms with van der Waals surface area (Å²) in [7, 11) is 0. The van der Waals surface area contributed by atoms with E-state index in [4.69, 9.17) is 10.5 Å². The van der Waals surface area contributed by atoms with Gasteiger partial charge in [0.1, 0.15) is 12.4 Å². The first-order chi connectivity index (χ1) is 9.58. The average Bonchev–Trinajstić information content (AvgIpc) is 3.18. The highest BCUT2D eigenvalue weighted by Gasteiger charge is 2.40. The molecule has 1 aliphatic carbocycles. The lowest BCUT2D eigenvalue weighted by Crippen LogP contribution is -2.19. The lowest BCUT2D eigenvalue weighted by atomic mass is 9.99. The Morgan fingerprint density at radius 1 is 1.05 bits per heavy atom. The largest absolute Gasteiger partial charge is 0.488 e. The van der Waals surface area contributed by atoms with Crippen LogP contribution in [0.3, 0.4) is 0 Å². The Labute approximate surface area is 120 Å². The minimum atomic E-state index is -0.0759. The van der Waals surface area contributed by atoms with E-state index >= 15 is 0 Å². The second-order valence-corrected chi connectivity index (χ2v) is 5.87. The molecule has 0 aliphatic heterocycles. The molecule has 20 heavy (non-hydrogen) atoms. The Morgan fingerprint density at radius 2 is 1.65 bits per heavy atom. The molecule has 104 valence electrons. The van der Waals surface area contributed by atoms with E-state index in [9.17, 15) is 0 Å². The molecule has 2 nitrogen and oxygen atoms in total. The molecule has 0 aromatic heterocycles.